The molecule has 0 saturated carbocycles. The van der Waals surface area contributed by atoms with Gasteiger partial charge in [0.25, 0.3) is 0 Å². The first-order valence-electron chi connectivity index (χ1n) is 6.51. The Balaban J connectivity index is 2.37. The van der Waals surface area contributed by atoms with Gasteiger partial charge in [0.05, 0.1) is 0 Å². The van der Waals surface area contributed by atoms with E-state index in [1.54, 1.807) is 0 Å². The van der Waals surface area contributed by atoms with Crippen molar-refractivity contribution in [2.75, 3.05) is 20.1 Å². The van der Waals surface area contributed by atoms with Crippen LogP contribution in [0.25, 0.3) is 0 Å². The molecule has 1 N–H and O–H groups in total. The van der Waals surface area contributed by atoms with Crippen molar-refractivity contribution >= 4 is 0 Å². The second-order valence-corrected chi connectivity index (χ2v) is 5.16. The number of benzene rings is 1. The van der Waals surface area contributed by atoms with Gasteiger partial charge in [0.2, 0.25) is 0 Å². The molecule has 0 fully saturated rings. The maximum Gasteiger partial charge on any atom is 0.0292 e. The molecule has 0 radical (unpaired) electrons. The second-order valence-electron chi connectivity index (χ2n) is 5.16. The van der Waals surface area contributed by atoms with Crippen LogP contribution in [0.5, 0.6) is 0 Å². The molecule has 0 amide bonds. The Kier molecular flexibility index (Phi) is 5.66. The highest BCUT2D eigenvalue weighted by Gasteiger charge is 2.06. The molecule has 2 nitrogen and oxygen atoms in total. The van der Waals surface area contributed by atoms with Crippen LogP contribution in [0.3, 0.4) is 0 Å². The van der Waals surface area contributed by atoms with E-state index in [0.717, 1.165) is 13.1 Å². The van der Waals surface area contributed by atoms with E-state index in [9.17, 15) is 0 Å². The SMILES string of the molecule is Cc1cccc(C(C)NCCN(C)C(C)C)c1. The minimum Gasteiger partial charge on any atom is -0.309 e. The number of nitrogens with one attached hydrogen (secondary N) is 1. The Hall–Kier alpha value is -0.860. The molecular weight excluding hydrogens is 208 g/mol. The van der Waals surface area contributed by atoms with E-state index in [-0.39, 0.29) is 0 Å². The van der Waals surface area contributed by atoms with Crippen LogP contribution in [0.15, 0.2) is 24.3 Å². The van der Waals surface area contributed by atoms with E-state index in [1.807, 2.05) is 0 Å². The number of aryl methyl sites for hydroxylation is 1. The van der Waals surface area contributed by atoms with Crippen molar-refractivity contribution < 1.29 is 0 Å². The lowest BCUT2D eigenvalue weighted by Crippen LogP contribution is -2.34. The zero-order valence-electron chi connectivity index (χ0n) is 11.8. The second kappa shape index (κ2) is 6.77. The third kappa shape index (κ3) is 4.88. The van der Waals surface area contributed by atoms with Crippen molar-refractivity contribution in [3.8, 4) is 0 Å². The number of hydrogen-bond acceptors (Lipinski definition) is 2. The van der Waals surface area contributed by atoms with Gasteiger partial charge in [-0.1, -0.05) is 29.8 Å². The van der Waals surface area contributed by atoms with Crippen LogP contribution in [0.1, 0.15) is 37.9 Å². The number of hydrogen-bond donors (Lipinski definition) is 1. The van der Waals surface area contributed by atoms with E-state index >= 15 is 0 Å². The third-order valence-corrected chi connectivity index (χ3v) is 3.34. The highest BCUT2D eigenvalue weighted by molar-refractivity contribution is 5.24. The molecule has 0 bridgehead atoms. The van der Waals surface area contributed by atoms with Crippen molar-refractivity contribution in [2.45, 2.75) is 39.8 Å². The number of nitrogens with zero attached hydrogens (tertiary/aromatic N) is 1. The molecule has 0 aliphatic rings. The number of rotatable bonds is 6. The molecule has 0 spiro atoms. The van der Waals surface area contributed by atoms with E-state index in [4.69, 9.17) is 0 Å². The first kappa shape index (κ1) is 14.2. The summed E-state index contributed by atoms with van der Waals surface area (Å²) in [6.45, 7) is 10.9. The molecule has 1 atom stereocenters. The van der Waals surface area contributed by atoms with Crippen molar-refractivity contribution in [1.82, 2.24) is 10.2 Å². The fourth-order valence-corrected chi connectivity index (χ4v) is 1.77. The normalized spacial score (nSPS) is 13.4. The van der Waals surface area contributed by atoms with Crippen molar-refractivity contribution in [3.63, 3.8) is 0 Å². The van der Waals surface area contributed by atoms with Crippen LogP contribution in [0.4, 0.5) is 0 Å². The average Bonchev–Trinajstić information content (AvgIpc) is 2.28. The molecular formula is C15H26N2. The molecule has 1 rings (SSSR count). The van der Waals surface area contributed by atoms with E-state index < -0.39 is 0 Å². The summed E-state index contributed by atoms with van der Waals surface area (Å²) in [6, 6.07) is 9.76. The molecule has 1 aromatic rings. The first-order valence-corrected chi connectivity index (χ1v) is 6.51. The van der Waals surface area contributed by atoms with Crippen LogP contribution >= 0.6 is 0 Å². The van der Waals surface area contributed by atoms with Crippen LogP contribution in [-0.2, 0) is 0 Å². The number of likely N-dealkylation sites (N-methyl/N-ethyl adjacent to an activating group) is 1. The molecule has 2 heteroatoms. The smallest absolute Gasteiger partial charge is 0.0292 e. The molecule has 96 valence electrons. The van der Waals surface area contributed by atoms with Crippen LogP contribution in [0, 0.1) is 6.92 Å². The Morgan fingerprint density at radius 1 is 1.24 bits per heavy atom. The summed E-state index contributed by atoms with van der Waals surface area (Å²) in [4.78, 5) is 2.36. The highest BCUT2D eigenvalue weighted by Crippen LogP contribution is 2.13. The Labute approximate surface area is 106 Å². The van der Waals surface area contributed by atoms with Gasteiger partial charge in [-0.3, -0.25) is 0 Å². The molecule has 0 aliphatic carbocycles. The van der Waals surface area contributed by atoms with E-state index in [0.29, 0.717) is 12.1 Å². The topological polar surface area (TPSA) is 15.3 Å². The van der Waals surface area contributed by atoms with E-state index in [1.165, 1.54) is 11.1 Å². The van der Waals surface area contributed by atoms with Gasteiger partial charge in [-0.2, -0.15) is 0 Å². The zero-order chi connectivity index (χ0) is 12.8. The predicted octanol–water partition coefficient (Wildman–Crippen LogP) is 2.99. The highest BCUT2D eigenvalue weighted by atomic mass is 15.1. The van der Waals surface area contributed by atoms with Crippen LogP contribution in [0.2, 0.25) is 0 Å². The fourth-order valence-electron chi connectivity index (χ4n) is 1.77. The van der Waals surface area contributed by atoms with E-state index in [2.05, 4.69) is 69.2 Å². The summed E-state index contributed by atoms with van der Waals surface area (Å²) in [5, 5.41) is 3.57. The Morgan fingerprint density at radius 3 is 2.53 bits per heavy atom. The summed E-state index contributed by atoms with van der Waals surface area (Å²) >= 11 is 0. The molecule has 1 aromatic carbocycles. The Morgan fingerprint density at radius 2 is 1.94 bits per heavy atom. The van der Waals surface area contributed by atoms with Crippen molar-refractivity contribution in [3.05, 3.63) is 35.4 Å². The van der Waals surface area contributed by atoms with Gasteiger partial charge in [-0.25, -0.2) is 0 Å². The molecule has 0 aliphatic heterocycles. The van der Waals surface area contributed by atoms with Gasteiger partial charge in [0.1, 0.15) is 0 Å². The van der Waals surface area contributed by atoms with Gasteiger partial charge in [-0.05, 0) is 40.3 Å². The maximum atomic E-state index is 3.57. The zero-order valence-corrected chi connectivity index (χ0v) is 11.8. The monoisotopic (exact) mass is 234 g/mol. The molecule has 0 saturated heterocycles. The van der Waals surface area contributed by atoms with Gasteiger partial charge < -0.3 is 10.2 Å². The quantitative estimate of drug-likeness (QED) is 0.814. The third-order valence-electron chi connectivity index (χ3n) is 3.34. The molecule has 1 unspecified atom stereocenters. The maximum absolute atomic E-state index is 3.57. The van der Waals surface area contributed by atoms with Crippen LogP contribution < -0.4 is 5.32 Å². The predicted molar refractivity (Wildman–Crippen MR) is 75.4 cm³/mol. The molecule has 0 heterocycles. The fraction of sp³-hybridized carbons (Fsp3) is 0.600. The summed E-state index contributed by atoms with van der Waals surface area (Å²) in [5.41, 5.74) is 2.70. The van der Waals surface area contributed by atoms with Crippen molar-refractivity contribution in [1.29, 1.82) is 0 Å². The lowest BCUT2D eigenvalue weighted by Gasteiger charge is -2.22. The molecule has 17 heavy (non-hydrogen) atoms. The van der Waals surface area contributed by atoms with Gasteiger partial charge in [0, 0.05) is 25.2 Å². The van der Waals surface area contributed by atoms with Crippen LogP contribution in [-0.4, -0.2) is 31.1 Å². The first-order chi connectivity index (χ1) is 8.00. The lowest BCUT2D eigenvalue weighted by molar-refractivity contribution is 0.270. The summed E-state index contributed by atoms with van der Waals surface area (Å²) in [5.74, 6) is 0. The lowest BCUT2D eigenvalue weighted by atomic mass is 10.1. The summed E-state index contributed by atoms with van der Waals surface area (Å²) < 4.78 is 0. The average molecular weight is 234 g/mol. The van der Waals surface area contributed by atoms with Gasteiger partial charge in [0.15, 0.2) is 0 Å². The summed E-state index contributed by atoms with van der Waals surface area (Å²) in [6.07, 6.45) is 0. The minimum absolute atomic E-state index is 0.426. The van der Waals surface area contributed by atoms with Crippen molar-refractivity contribution in [2.24, 2.45) is 0 Å². The largest absolute Gasteiger partial charge is 0.309 e. The summed E-state index contributed by atoms with van der Waals surface area (Å²) in [7, 11) is 2.17. The Bertz CT molecular complexity index is 333. The van der Waals surface area contributed by atoms with Gasteiger partial charge in [-0.15, -0.1) is 0 Å². The molecule has 0 aromatic heterocycles. The standard InChI is InChI=1S/C15H26N2/c1-12(2)17(5)10-9-16-14(4)15-8-6-7-13(3)11-15/h6-8,11-12,14,16H,9-10H2,1-5H3. The minimum atomic E-state index is 0.426. The van der Waals surface area contributed by atoms with Gasteiger partial charge >= 0.3 is 0 Å².